The van der Waals surface area contributed by atoms with Crippen molar-refractivity contribution in [3.05, 3.63) is 30.3 Å². The number of benzene rings is 1. The number of para-hydroxylation sites is 1. The topological polar surface area (TPSA) is 26.3 Å². The third kappa shape index (κ3) is 6.93. The van der Waals surface area contributed by atoms with Gasteiger partial charge in [-0.2, -0.15) is 13.2 Å². The zero-order chi connectivity index (χ0) is 13.4. The number of carbonyl (C=O) groups excluding carboxylic acids is 1. The van der Waals surface area contributed by atoms with Gasteiger partial charge >= 0.3 is 6.18 Å². The van der Waals surface area contributed by atoms with Crippen molar-refractivity contribution in [2.45, 2.75) is 31.9 Å². The van der Waals surface area contributed by atoms with Crippen molar-refractivity contribution in [2.24, 2.45) is 0 Å². The van der Waals surface area contributed by atoms with E-state index < -0.39 is 12.6 Å². The number of hydrogen-bond acceptors (Lipinski definition) is 2. The summed E-state index contributed by atoms with van der Waals surface area (Å²) in [5.74, 6) is 0.454. The minimum Gasteiger partial charge on any atom is -0.493 e. The van der Waals surface area contributed by atoms with Gasteiger partial charge in [0, 0.05) is 19.3 Å². The Kier molecular flexibility index (Phi) is 5.68. The predicted molar refractivity (Wildman–Crippen MR) is 61.5 cm³/mol. The Bertz CT molecular complexity index is 360. The average Bonchev–Trinajstić information content (AvgIpc) is 2.28. The number of ketones is 1. The molecule has 1 aromatic carbocycles. The number of carbonyl (C=O) groups is 1. The largest absolute Gasteiger partial charge is 0.493 e. The number of ether oxygens (including phenoxy) is 1. The van der Waals surface area contributed by atoms with Crippen LogP contribution >= 0.6 is 0 Å². The minimum absolute atomic E-state index is 0.0440. The van der Waals surface area contributed by atoms with E-state index in [4.69, 9.17) is 4.74 Å². The molecule has 1 rings (SSSR count). The number of hydrogen-bond donors (Lipinski definition) is 0. The molecule has 100 valence electrons. The molecule has 0 aromatic heterocycles. The Balaban J connectivity index is 2.11. The summed E-state index contributed by atoms with van der Waals surface area (Å²) in [5, 5.41) is 0. The summed E-state index contributed by atoms with van der Waals surface area (Å²) in [5.41, 5.74) is 0. The van der Waals surface area contributed by atoms with Gasteiger partial charge in [0.1, 0.15) is 11.5 Å². The summed E-state index contributed by atoms with van der Waals surface area (Å²) >= 11 is 0. The van der Waals surface area contributed by atoms with Gasteiger partial charge in [-0.15, -0.1) is 0 Å². The highest BCUT2D eigenvalue weighted by atomic mass is 19.4. The van der Waals surface area contributed by atoms with Crippen LogP contribution in [0.25, 0.3) is 0 Å². The van der Waals surface area contributed by atoms with Gasteiger partial charge in [0.25, 0.3) is 0 Å². The Morgan fingerprint density at radius 3 is 2.39 bits per heavy atom. The monoisotopic (exact) mass is 260 g/mol. The molecule has 0 aliphatic heterocycles. The molecule has 0 unspecified atom stereocenters. The SMILES string of the molecule is O=C(CCCC(F)(F)F)CCOc1ccccc1. The van der Waals surface area contributed by atoms with E-state index in [0.29, 0.717) is 5.75 Å². The van der Waals surface area contributed by atoms with Gasteiger partial charge in [0.2, 0.25) is 0 Å². The van der Waals surface area contributed by atoms with Gasteiger partial charge in [-0.3, -0.25) is 4.79 Å². The number of alkyl halides is 3. The smallest absolute Gasteiger partial charge is 0.389 e. The number of halogens is 3. The molecule has 0 amide bonds. The van der Waals surface area contributed by atoms with Crippen LogP contribution in [0, 0.1) is 0 Å². The van der Waals surface area contributed by atoms with E-state index in [-0.39, 0.29) is 31.7 Å². The van der Waals surface area contributed by atoms with Gasteiger partial charge < -0.3 is 4.74 Å². The fourth-order valence-corrected chi connectivity index (χ4v) is 1.41. The zero-order valence-electron chi connectivity index (χ0n) is 9.87. The molecular formula is C13H15F3O2. The first-order valence-electron chi connectivity index (χ1n) is 5.74. The summed E-state index contributed by atoms with van der Waals surface area (Å²) in [6, 6.07) is 8.97. The lowest BCUT2D eigenvalue weighted by molar-refractivity contribution is -0.137. The first-order valence-corrected chi connectivity index (χ1v) is 5.74. The van der Waals surface area contributed by atoms with E-state index in [2.05, 4.69) is 0 Å². The maximum Gasteiger partial charge on any atom is 0.389 e. The van der Waals surface area contributed by atoms with Crippen molar-refractivity contribution in [1.82, 2.24) is 0 Å². The highest BCUT2D eigenvalue weighted by Crippen LogP contribution is 2.22. The third-order valence-electron chi connectivity index (χ3n) is 2.31. The molecule has 1 aromatic rings. The van der Waals surface area contributed by atoms with Gasteiger partial charge in [-0.1, -0.05) is 18.2 Å². The van der Waals surface area contributed by atoms with Crippen LogP contribution < -0.4 is 4.74 Å². The first kappa shape index (κ1) is 14.5. The molecule has 0 bridgehead atoms. The summed E-state index contributed by atoms with van der Waals surface area (Å²) in [4.78, 5) is 11.3. The zero-order valence-corrected chi connectivity index (χ0v) is 9.87. The van der Waals surface area contributed by atoms with Crippen molar-refractivity contribution < 1.29 is 22.7 Å². The summed E-state index contributed by atoms with van der Waals surface area (Å²) in [6.07, 6.45) is -5.13. The standard InChI is InChI=1S/C13H15F3O2/c14-13(15,16)9-4-5-11(17)8-10-18-12-6-2-1-3-7-12/h1-3,6-7H,4-5,8-10H2. The first-order chi connectivity index (χ1) is 8.47. The summed E-state index contributed by atoms with van der Waals surface area (Å²) in [7, 11) is 0. The molecule has 0 radical (unpaired) electrons. The molecule has 18 heavy (non-hydrogen) atoms. The van der Waals surface area contributed by atoms with Crippen molar-refractivity contribution in [1.29, 1.82) is 0 Å². The quantitative estimate of drug-likeness (QED) is 0.746. The maximum absolute atomic E-state index is 11.8. The average molecular weight is 260 g/mol. The molecule has 0 fully saturated rings. The van der Waals surface area contributed by atoms with Crippen LogP contribution in [0.2, 0.25) is 0 Å². The van der Waals surface area contributed by atoms with E-state index in [9.17, 15) is 18.0 Å². The van der Waals surface area contributed by atoms with Crippen molar-refractivity contribution in [3.8, 4) is 5.75 Å². The summed E-state index contributed by atoms with van der Waals surface area (Å²) in [6.45, 7) is 0.203. The lowest BCUT2D eigenvalue weighted by atomic mass is 10.1. The Labute approximate surface area is 104 Å². The van der Waals surface area contributed by atoms with E-state index in [1.54, 1.807) is 24.3 Å². The Morgan fingerprint density at radius 2 is 1.78 bits per heavy atom. The second-order valence-electron chi connectivity index (χ2n) is 3.92. The van der Waals surface area contributed by atoms with Gasteiger partial charge in [0.15, 0.2) is 0 Å². The highest BCUT2D eigenvalue weighted by Gasteiger charge is 2.26. The second-order valence-corrected chi connectivity index (χ2v) is 3.92. The lowest BCUT2D eigenvalue weighted by Gasteiger charge is -2.06. The van der Waals surface area contributed by atoms with Crippen LogP contribution in [0.15, 0.2) is 30.3 Å². The third-order valence-corrected chi connectivity index (χ3v) is 2.31. The molecule has 0 spiro atoms. The molecule has 0 saturated carbocycles. The van der Waals surface area contributed by atoms with Gasteiger partial charge in [-0.05, 0) is 18.6 Å². The van der Waals surface area contributed by atoms with Gasteiger partial charge in [-0.25, -0.2) is 0 Å². The Morgan fingerprint density at radius 1 is 1.11 bits per heavy atom. The molecular weight excluding hydrogens is 245 g/mol. The molecule has 0 aliphatic carbocycles. The van der Waals surface area contributed by atoms with E-state index in [0.717, 1.165) is 0 Å². The van der Waals surface area contributed by atoms with E-state index in [1.807, 2.05) is 6.07 Å². The molecule has 2 nitrogen and oxygen atoms in total. The van der Waals surface area contributed by atoms with Gasteiger partial charge in [0.05, 0.1) is 6.61 Å². The normalized spacial score (nSPS) is 11.3. The van der Waals surface area contributed by atoms with Crippen LogP contribution in [0.4, 0.5) is 13.2 Å². The van der Waals surface area contributed by atoms with Crippen molar-refractivity contribution >= 4 is 5.78 Å². The van der Waals surface area contributed by atoms with Crippen LogP contribution in [-0.4, -0.2) is 18.6 Å². The van der Waals surface area contributed by atoms with Crippen molar-refractivity contribution in [3.63, 3.8) is 0 Å². The van der Waals surface area contributed by atoms with E-state index in [1.165, 1.54) is 0 Å². The van der Waals surface area contributed by atoms with Crippen LogP contribution in [0.3, 0.4) is 0 Å². The maximum atomic E-state index is 11.8. The predicted octanol–water partition coefficient (Wildman–Crippen LogP) is 3.76. The van der Waals surface area contributed by atoms with Crippen LogP contribution in [-0.2, 0) is 4.79 Å². The van der Waals surface area contributed by atoms with Crippen LogP contribution in [0.5, 0.6) is 5.75 Å². The minimum atomic E-state index is -4.18. The fourth-order valence-electron chi connectivity index (χ4n) is 1.41. The molecule has 0 aliphatic rings. The second kappa shape index (κ2) is 7.03. The number of rotatable bonds is 7. The number of Topliss-reactive ketones (excluding diaryl/α,β-unsaturated/α-hetero) is 1. The van der Waals surface area contributed by atoms with Crippen LogP contribution in [0.1, 0.15) is 25.7 Å². The molecule has 0 N–H and O–H groups in total. The van der Waals surface area contributed by atoms with E-state index >= 15 is 0 Å². The van der Waals surface area contributed by atoms with Crippen molar-refractivity contribution in [2.75, 3.05) is 6.61 Å². The summed E-state index contributed by atoms with van der Waals surface area (Å²) < 4.78 is 40.8. The molecule has 0 heterocycles. The highest BCUT2D eigenvalue weighted by molar-refractivity contribution is 5.78. The molecule has 0 atom stereocenters. The fraction of sp³-hybridized carbons (Fsp3) is 0.462. The lowest BCUT2D eigenvalue weighted by Crippen LogP contribution is -2.10. The Hall–Kier alpha value is -1.52. The molecule has 5 heteroatoms. The molecule has 0 saturated heterocycles.